The highest BCUT2D eigenvalue weighted by Gasteiger charge is 2.64. The van der Waals surface area contributed by atoms with Gasteiger partial charge in [-0.3, -0.25) is 4.55 Å². The Balaban J connectivity index is 1.56. The summed E-state index contributed by atoms with van der Waals surface area (Å²) in [6, 6.07) is 0. The van der Waals surface area contributed by atoms with Crippen molar-refractivity contribution in [2.24, 2.45) is 52.3 Å². The second-order valence-corrected chi connectivity index (χ2v) is 13.5. The van der Waals surface area contributed by atoms with E-state index < -0.39 is 10.3 Å². The van der Waals surface area contributed by atoms with Gasteiger partial charge in [-0.1, -0.05) is 34.1 Å². The van der Waals surface area contributed by atoms with Gasteiger partial charge in [0.15, 0.2) is 0 Å². The maximum atomic E-state index is 11.7. The highest BCUT2D eigenvalue weighted by Crippen LogP contribution is 2.69. The number of nitrogens with one attached hydrogen (secondary N) is 1. The summed E-state index contributed by atoms with van der Waals surface area (Å²) in [5, 5.41) is 22.2. The van der Waals surface area contributed by atoms with Gasteiger partial charge in [-0.05, 0) is 104 Å². The smallest absolute Gasteiger partial charge is 0.333 e. The molecule has 0 aromatic heterocycles. The van der Waals surface area contributed by atoms with Crippen molar-refractivity contribution in [2.45, 2.75) is 97.7 Å². The van der Waals surface area contributed by atoms with E-state index in [4.69, 9.17) is 4.55 Å². The number of rotatable bonds is 6. The van der Waals surface area contributed by atoms with Crippen molar-refractivity contribution >= 4 is 10.3 Å². The number of hydrogen-bond acceptors (Lipinski definition) is 4. The molecule has 4 N–H and O–H groups in total. The minimum absolute atomic E-state index is 0.176. The van der Waals surface area contributed by atoms with Gasteiger partial charge in [0, 0.05) is 6.54 Å². The van der Waals surface area contributed by atoms with Crippen LogP contribution in [0.25, 0.3) is 0 Å². The van der Waals surface area contributed by atoms with Crippen molar-refractivity contribution in [1.82, 2.24) is 4.72 Å². The van der Waals surface area contributed by atoms with E-state index in [0.29, 0.717) is 35.5 Å². The summed E-state index contributed by atoms with van der Waals surface area (Å²) in [5.74, 6) is 2.95. The summed E-state index contributed by atoms with van der Waals surface area (Å²) in [6.45, 7) is 9.60. The number of fused-ring (bicyclic) bond motifs is 5. The molecule has 7 heteroatoms. The fourth-order valence-electron chi connectivity index (χ4n) is 9.55. The molecule has 0 spiro atoms. The maximum absolute atomic E-state index is 11.7. The highest BCUT2D eigenvalue weighted by molar-refractivity contribution is 7.83. The minimum Gasteiger partial charge on any atom is -0.393 e. The van der Waals surface area contributed by atoms with Crippen molar-refractivity contribution in [1.29, 1.82) is 0 Å². The molecule has 0 aliphatic heterocycles. The van der Waals surface area contributed by atoms with Gasteiger partial charge in [0.1, 0.15) is 0 Å². The molecule has 4 saturated carbocycles. The molecule has 0 heterocycles. The van der Waals surface area contributed by atoms with E-state index in [1.165, 1.54) is 6.42 Å². The first kappa shape index (κ1) is 24.9. The fraction of sp³-hybridized carbons (Fsp3) is 1.00. The molecule has 4 fully saturated rings. The zero-order valence-electron chi connectivity index (χ0n) is 20.3. The van der Waals surface area contributed by atoms with Crippen LogP contribution in [0.2, 0.25) is 0 Å². The number of aliphatic hydroxyl groups excluding tert-OH is 2. The number of aliphatic hydroxyl groups is 2. The Morgan fingerprint density at radius 2 is 1.66 bits per heavy atom. The van der Waals surface area contributed by atoms with E-state index in [1.807, 2.05) is 0 Å². The zero-order chi connectivity index (χ0) is 23.5. The lowest BCUT2D eigenvalue weighted by atomic mass is 9.41. The predicted octanol–water partition coefficient (Wildman–Crippen LogP) is 4.03. The highest BCUT2D eigenvalue weighted by atomic mass is 32.2. The molecule has 0 bridgehead atoms. The van der Waals surface area contributed by atoms with Gasteiger partial charge < -0.3 is 10.2 Å². The van der Waals surface area contributed by atoms with Crippen LogP contribution in [0.15, 0.2) is 0 Å². The zero-order valence-corrected chi connectivity index (χ0v) is 21.2. The van der Waals surface area contributed by atoms with Crippen LogP contribution >= 0.6 is 0 Å². The van der Waals surface area contributed by atoms with Gasteiger partial charge in [0.25, 0.3) is 0 Å². The van der Waals surface area contributed by atoms with Gasteiger partial charge >= 0.3 is 10.3 Å². The third-order valence-corrected chi connectivity index (χ3v) is 11.6. The van der Waals surface area contributed by atoms with E-state index in [2.05, 4.69) is 32.4 Å². The molecular formula is C25H45NO5S. The summed E-state index contributed by atoms with van der Waals surface area (Å²) < 4.78 is 33.3. The average Bonchev–Trinajstić information content (AvgIpc) is 3.06. The van der Waals surface area contributed by atoms with Crippen LogP contribution in [0, 0.1) is 52.3 Å². The summed E-state index contributed by atoms with van der Waals surface area (Å²) >= 11 is 0. The van der Waals surface area contributed by atoms with E-state index in [-0.39, 0.29) is 35.5 Å². The molecule has 4 aliphatic carbocycles. The molecule has 4 rings (SSSR count). The predicted molar refractivity (Wildman–Crippen MR) is 125 cm³/mol. The van der Waals surface area contributed by atoms with Gasteiger partial charge in [0.2, 0.25) is 0 Å². The molecule has 0 aromatic carbocycles. The Morgan fingerprint density at radius 3 is 2.31 bits per heavy atom. The molecule has 3 unspecified atom stereocenters. The van der Waals surface area contributed by atoms with Crippen molar-refractivity contribution in [3.63, 3.8) is 0 Å². The molecule has 186 valence electrons. The monoisotopic (exact) mass is 471 g/mol. The molecule has 4 aliphatic rings. The SMILES string of the molecule is CC[C@@H]1C2C[C@H](O)CCC2(C)[C@H]2CC[C@]3(C)[C@@H]([C@H](C)CCNS(=O)(=O)O)CC[C@H]3C2[C@@H]1O. The molecule has 0 aromatic rings. The van der Waals surface area contributed by atoms with E-state index in [9.17, 15) is 18.6 Å². The van der Waals surface area contributed by atoms with E-state index in [0.717, 1.165) is 51.4 Å². The largest absolute Gasteiger partial charge is 0.393 e. The van der Waals surface area contributed by atoms with Crippen LogP contribution in [0.1, 0.15) is 85.5 Å². The van der Waals surface area contributed by atoms with Crippen LogP contribution < -0.4 is 4.72 Å². The van der Waals surface area contributed by atoms with E-state index >= 15 is 0 Å². The molecule has 0 saturated heterocycles. The Hall–Kier alpha value is -0.210. The first-order valence-corrected chi connectivity index (χ1v) is 14.4. The maximum Gasteiger partial charge on any atom is 0.333 e. The lowest BCUT2D eigenvalue weighted by molar-refractivity contribution is -0.203. The molecule has 0 amide bonds. The summed E-state index contributed by atoms with van der Waals surface area (Å²) in [4.78, 5) is 0. The number of hydrogen-bond donors (Lipinski definition) is 4. The fourth-order valence-corrected chi connectivity index (χ4v) is 9.93. The second-order valence-electron chi connectivity index (χ2n) is 12.3. The quantitative estimate of drug-likeness (QED) is 0.438. The Morgan fingerprint density at radius 1 is 1.00 bits per heavy atom. The van der Waals surface area contributed by atoms with Crippen molar-refractivity contribution in [3.05, 3.63) is 0 Å². The van der Waals surface area contributed by atoms with Crippen molar-refractivity contribution < 1.29 is 23.2 Å². The summed E-state index contributed by atoms with van der Waals surface area (Å²) in [7, 11) is -4.14. The molecular weight excluding hydrogens is 426 g/mol. The van der Waals surface area contributed by atoms with Gasteiger partial charge in [-0.25, -0.2) is 0 Å². The molecule has 6 nitrogen and oxygen atoms in total. The lowest BCUT2D eigenvalue weighted by Gasteiger charge is -2.64. The normalized spacial score (nSPS) is 49.7. The Kier molecular flexibility index (Phi) is 6.83. The van der Waals surface area contributed by atoms with Crippen LogP contribution in [0.4, 0.5) is 0 Å². The Bertz CT molecular complexity index is 789. The third kappa shape index (κ3) is 4.08. The first-order chi connectivity index (χ1) is 14.9. The van der Waals surface area contributed by atoms with E-state index in [1.54, 1.807) is 0 Å². The Labute approximate surface area is 194 Å². The summed E-state index contributed by atoms with van der Waals surface area (Å²) in [6.07, 6.45) is 8.63. The van der Waals surface area contributed by atoms with Crippen LogP contribution in [0.5, 0.6) is 0 Å². The topological polar surface area (TPSA) is 107 Å². The molecule has 32 heavy (non-hydrogen) atoms. The van der Waals surface area contributed by atoms with Gasteiger partial charge in [0.05, 0.1) is 12.2 Å². The molecule has 11 atom stereocenters. The lowest BCUT2D eigenvalue weighted by Crippen LogP contribution is -2.62. The van der Waals surface area contributed by atoms with Crippen LogP contribution in [-0.2, 0) is 10.3 Å². The second kappa shape index (κ2) is 8.78. The first-order valence-electron chi connectivity index (χ1n) is 13.0. The van der Waals surface area contributed by atoms with Crippen molar-refractivity contribution in [2.75, 3.05) is 6.54 Å². The van der Waals surface area contributed by atoms with Gasteiger partial charge in [-0.2, -0.15) is 13.1 Å². The molecule has 0 radical (unpaired) electrons. The standard InChI is InChI=1S/C25H45NO5S/c1-5-17-21-14-16(27)8-11-25(21,4)20-9-12-24(3)18(6-7-19(24)22(20)23(17)28)15(2)10-13-26-32(29,30)31/h15-23,26-28H,5-14H2,1-4H3,(H,29,30,31)/t15-,16-,17-,18-,19+,20+,21?,22?,23-,24-,25?/m1/s1. The average molecular weight is 472 g/mol. The van der Waals surface area contributed by atoms with Crippen LogP contribution in [0.3, 0.4) is 0 Å². The van der Waals surface area contributed by atoms with Crippen molar-refractivity contribution in [3.8, 4) is 0 Å². The minimum atomic E-state index is -4.14. The third-order valence-electron chi connectivity index (χ3n) is 11.0. The van der Waals surface area contributed by atoms with Crippen LogP contribution in [-0.4, -0.2) is 41.9 Å². The summed E-state index contributed by atoms with van der Waals surface area (Å²) in [5.41, 5.74) is 0.392. The van der Waals surface area contributed by atoms with Gasteiger partial charge in [-0.15, -0.1) is 0 Å².